The van der Waals surface area contributed by atoms with Gasteiger partial charge in [0.1, 0.15) is 5.82 Å². The summed E-state index contributed by atoms with van der Waals surface area (Å²) in [6, 6.07) is 1.71. The number of aliphatic hydroxyl groups is 1. The van der Waals surface area contributed by atoms with Gasteiger partial charge in [0.15, 0.2) is 5.15 Å². The molecule has 1 heterocycles. The first-order chi connectivity index (χ1) is 6.15. The van der Waals surface area contributed by atoms with E-state index in [0.29, 0.717) is 22.5 Å². The molecular formula is C7H9BrClN3O. The number of rotatable bonds is 3. The van der Waals surface area contributed by atoms with Crippen LogP contribution >= 0.6 is 27.5 Å². The van der Waals surface area contributed by atoms with Crippen LogP contribution < -0.4 is 11.1 Å². The Bertz CT molecular complexity index is 285. The molecule has 0 bridgehead atoms. The van der Waals surface area contributed by atoms with E-state index in [1.807, 2.05) is 0 Å². The molecule has 0 fully saturated rings. The number of nitrogen functional groups attached to an aromatic ring is 1. The van der Waals surface area contributed by atoms with Crippen LogP contribution in [0, 0.1) is 0 Å². The van der Waals surface area contributed by atoms with Gasteiger partial charge in [-0.3, -0.25) is 0 Å². The topological polar surface area (TPSA) is 71.2 Å². The van der Waals surface area contributed by atoms with Crippen LogP contribution in [0.5, 0.6) is 0 Å². The average Bonchev–Trinajstić information content (AvgIpc) is 2.10. The highest BCUT2D eigenvalue weighted by atomic mass is 79.9. The van der Waals surface area contributed by atoms with E-state index in [4.69, 9.17) is 22.4 Å². The Labute approximate surface area is 89.2 Å². The SMILES string of the molecule is Nc1c(Br)cc(NCCO)nc1Cl. The fourth-order valence-corrected chi connectivity index (χ4v) is 1.48. The molecule has 1 aromatic heterocycles. The summed E-state index contributed by atoms with van der Waals surface area (Å²) in [4.78, 5) is 3.96. The Morgan fingerprint density at radius 1 is 1.69 bits per heavy atom. The van der Waals surface area contributed by atoms with Crippen molar-refractivity contribution in [2.45, 2.75) is 0 Å². The first-order valence-corrected chi connectivity index (χ1v) is 4.78. The molecule has 0 amide bonds. The highest BCUT2D eigenvalue weighted by Gasteiger charge is 2.04. The van der Waals surface area contributed by atoms with Crippen LogP contribution in [-0.4, -0.2) is 23.2 Å². The van der Waals surface area contributed by atoms with Crippen molar-refractivity contribution in [2.75, 3.05) is 24.2 Å². The smallest absolute Gasteiger partial charge is 0.155 e. The zero-order valence-corrected chi connectivity index (χ0v) is 9.06. The lowest BCUT2D eigenvalue weighted by Gasteiger charge is -2.06. The number of nitrogens with two attached hydrogens (primary N) is 1. The van der Waals surface area contributed by atoms with E-state index in [1.54, 1.807) is 6.07 Å². The number of anilines is 2. The lowest BCUT2D eigenvalue weighted by atomic mass is 10.4. The van der Waals surface area contributed by atoms with Crippen LogP contribution in [-0.2, 0) is 0 Å². The lowest BCUT2D eigenvalue weighted by molar-refractivity contribution is 0.311. The van der Waals surface area contributed by atoms with Gasteiger partial charge in [-0.1, -0.05) is 11.6 Å². The molecule has 0 aromatic carbocycles. The van der Waals surface area contributed by atoms with Gasteiger partial charge in [0, 0.05) is 11.0 Å². The Balaban J connectivity index is 2.86. The Morgan fingerprint density at radius 2 is 2.38 bits per heavy atom. The fraction of sp³-hybridized carbons (Fsp3) is 0.286. The van der Waals surface area contributed by atoms with Crippen molar-refractivity contribution in [1.82, 2.24) is 4.98 Å². The van der Waals surface area contributed by atoms with Crippen molar-refractivity contribution in [3.05, 3.63) is 15.7 Å². The molecule has 0 saturated heterocycles. The molecule has 4 nitrogen and oxygen atoms in total. The maximum absolute atomic E-state index is 8.56. The number of aromatic nitrogens is 1. The number of aliphatic hydroxyl groups excluding tert-OH is 1. The van der Waals surface area contributed by atoms with E-state index >= 15 is 0 Å². The van der Waals surface area contributed by atoms with Crippen LogP contribution in [0.4, 0.5) is 11.5 Å². The normalized spacial score (nSPS) is 10.1. The summed E-state index contributed by atoms with van der Waals surface area (Å²) in [5.41, 5.74) is 5.97. The third-order valence-electron chi connectivity index (χ3n) is 1.38. The van der Waals surface area contributed by atoms with E-state index in [2.05, 4.69) is 26.2 Å². The summed E-state index contributed by atoms with van der Waals surface area (Å²) in [5, 5.41) is 11.7. The van der Waals surface area contributed by atoms with E-state index in [-0.39, 0.29) is 11.8 Å². The Kier molecular flexibility index (Phi) is 3.77. The molecule has 0 unspecified atom stereocenters. The second-order valence-corrected chi connectivity index (χ2v) is 3.56. The van der Waals surface area contributed by atoms with Gasteiger partial charge in [-0.05, 0) is 22.0 Å². The van der Waals surface area contributed by atoms with Crippen molar-refractivity contribution >= 4 is 39.0 Å². The monoisotopic (exact) mass is 265 g/mol. The van der Waals surface area contributed by atoms with Crippen molar-refractivity contribution in [3.63, 3.8) is 0 Å². The summed E-state index contributed by atoms with van der Waals surface area (Å²) >= 11 is 8.97. The zero-order valence-electron chi connectivity index (χ0n) is 6.72. The van der Waals surface area contributed by atoms with Crippen LogP contribution in [0.2, 0.25) is 5.15 Å². The van der Waals surface area contributed by atoms with Gasteiger partial charge in [0.05, 0.1) is 12.3 Å². The molecule has 0 saturated carbocycles. The van der Waals surface area contributed by atoms with Crippen molar-refractivity contribution in [2.24, 2.45) is 0 Å². The first-order valence-electron chi connectivity index (χ1n) is 3.61. The average molecular weight is 267 g/mol. The second kappa shape index (κ2) is 4.64. The quantitative estimate of drug-likeness (QED) is 0.725. The largest absolute Gasteiger partial charge is 0.395 e. The first kappa shape index (κ1) is 10.6. The van der Waals surface area contributed by atoms with Gasteiger partial charge in [-0.15, -0.1) is 0 Å². The summed E-state index contributed by atoms with van der Waals surface area (Å²) in [5.74, 6) is 0.583. The second-order valence-electron chi connectivity index (χ2n) is 2.34. The van der Waals surface area contributed by atoms with E-state index in [0.717, 1.165) is 0 Å². The fourth-order valence-electron chi connectivity index (χ4n) is 0.769. The zero-order chi connectivity index (χ0) is 9.84. The number of nitrogens with one attached hydrogen (secondary N) is 1. The molecule has 72 valence electrons. The molecule has 13 heavy (non-hydrogen) atoms. The minimum atomic E-state index is 0.0430. The molecule has 1 rings (SSSR count). The third-order valence-corrected chi connectivity index (χ3v) is 2.32. The molecule has 0 aliphatic rings. The molecule has 0 aliphatic heterocycles. The van der Waals surface area contributed by atoms with Crippen LogP contribution in [0.3, 0.4) is 0 Å². The van der Waals surface area contributed by atoms with Gasteiger partial charge in [-0.2, -0.15) is 0 Å². The maximum atomic E-state index is 8.56. The van der Waals surface area contributed by atoms with Crippen LogP contribution in [0.1, 0.15) is 0 Å². The highest BCUT2D eigenvalue weighted by Crippen LogP contribution is 2.28. The summed E-state index contributed by atoms with van der Waals surface area (Å²) in [6.45, 7) is 0.473. The molecular weight excluding hydrogens is 257 g/mol. The van der Waals surface area contributed by atoms with E-state index < -0.39 is 0 Å². The van der Waals surface area contributed by atoms with Crippen molar-refractivity contribution in [3.8, 4) is 0 Å². The van der Waals surface area contributed by atoms with E-state index in [9.17, 15) is 0 Å². The third kappa shape index (κ3) is 2.72. The lowest BCUT2D eigenvalue weighted by Crippen LogP contribution is -2.07. The van der Waals surface area contributed by atoms with Gasteiger partial charge < -0.3 is 16.2 Å². The van der Waals surface area contributed by atoms with Crippen molar-refractivity contribution in [1.29, 1.82) is 0 Å². The molecule has 0 radical (unpaired) electrons. The van der Waals surface area contributed by atoms with E-state index in [1.165, 1.54) is 0 Å². The van der Waals surface area contributed by atoms with Crippen molar-refractivity contribution < 1.29 is 5.11 Å². The molecule has 0 aliphatic carbocycles. The number of hydrogen-bond donors (Lipinski definition) is 3. The summed E-state index contributed by atoms with van der Waals surface area (Å²) in [7, 11) is 0. The summed E-state index contributed by atoms with van der Waals surface area (Å²) in [6.07, 6.45) is 0. The Morgan fingerprint density at radius 3 is 2.92 bits per heavy atom. The molecule has 1 aromatic rings. The van der Waals surface area contributed by atoms with Gasteiger partial charge in [0.2, 0.25) is 0 Å². The predicted octanol–water partition coefficient (Wildman–Crippen LogP) is 1.48. The molecule has 4 N–H and O–H groups in total. The minimum Gasteiger partial charge on any atom is -0.395 e. The maximum Gasteiger partial charge on any atom is 0.155 e. The number of nitrogens with zero attached hydrogens (tertiary/aromatic N) is 1. The highest BCUT2D eigenvalue weighted by molar-refractivity contribution is 9.10. The number of hydrogen-bond acceptors (Lipinski definition) is 4. The van der Waals surface area contributed by atoms with Gasteiger partial charge in [-0.25, -0.2) is 4.98 Å². The molecule has 0 atom stereocenters. The number of halogens is 2. The van der Waals surface area contributed by atoms with Gasteiger partial charge in [0.25, 0.3) is 0 Å². The van der Waals surface area contributed by atoms with Crippen LogP contribution in [0.15, 0.2) is 10.5 Å². The molecule has 6 heteroatoms. The summed E-state index contributed by atoms with van der Waals surface area (Å²) < 4.78 is 0.688. The molecule has 0 spiro atoms. The predicted molar refractivity (Wildman–Crippen MR) is 56.9 cm³/mol. The van der Waals surface area contributed by atoms with Crippen LogP contribution in [0.25, 0.3) is 0 Å². The standard InChI is InChI=1S/C7H9BrClN3O/c8-4-3-5(11-1-2-13)12-7(9)6(4)10/h3,13H,1-2,10H2,(H,11,12). The Hall–Kier alpha value is -0.520. The number of pyridine rings is 1. The minimum absolute atomic E-state index is 0.0430. The van der Waals surface area contributed by atoms with Gasteiger partial charge >= 0.3 is 0 Å².